The molecular weight excluding hydrogens is 701 g/mol. The Hall–Kier alpha value is -3.46. The summed E-state index contributed by atoms with van der Waals surface area (Å²) in [5.74, 6) is 0.847. The zero-order valence-electron chi connectivity index (χ0n) is 31.6. The highest BCUT2D eigenvalue weighted by atomic mass is 32.2. The van der Waals surface area contributed by atoms with E-state index in [1.54, 1.807) is 23.1 Å². The summed E-state index contributed by atoms with van der Waals surface area (Å²) in [7, 11) is -5.01. The molecule has 52 heavy (non-hydrogen) atoms. The number of carbonyl (C=O) groups excluding carboxylic acids is 1. The van der Waals surface area contributed by atoms with Crippen LogP contribution in [0.1, 0.15) is 56.1 Å². The van der Waals surface area contributed by atoms with Crippen molar-refractivity contribution in [1.29, 1.82) is 0 Å². The number of rotatable bonds is 18. The molecule has 5 rings (SSSR count). The maximum Gasteiger partial charge on any atom is 0.410 e. The van der Waals surface area contributed by atoms with Gasteiger partial charge in [-0.15, -0.1) is 0 Å². The summed E-state index contributed by atoms with van der Waals surface area (Å²) in [6.07, 6.45) is 0.0222. The van der Waals surface area contributed by atoms with Crippen LogP contribution in [0.2, 0.25) is 25.7 Å². The van der Waals surface area contributed by atoms with E-state index in [1.165, 1.54) is 4.31 Å². The minimum absolute atomic E-state index is 0.0273. The molecule has 2 heterocycles. The van der Waals surface area contributed by atoms with Gasteiger partial charge in [-0.1, -0.05) is 50.0 Å². The first-order valence-electron chi connectivity index (χ1n) is 18.0. The lowest BCUT2D eigenvalue weighted by molar-refractivity contribution is -0.180. The first-order chi connectivity index (χ1) is 24.6. The van der Waals surface area contributed by atoms with E-state index < -0.39 is 23.9 Å². The monoisotopic (exact) mass is 754 g/mol. The number of amides is 1. The molecule has 13 heteroatoms. The standard InChI is InChI=1S/C39H54N2O9SSi/c1-29(2)41(28-46-21-22-52(5,6)7)51(43,44)35-10-8-9-31(23-35)26-45-19-20-47-34-14-11-30(12-15-34)17-18-40-25-37(49-38(40)42)32-13-16-36-33(24-32)27-48-39(3,4)50-36/h8-16,23-24,29,37H,17-22,25-28H2,1-7H3/t37-/m0/s1. The summed E-state index contributed by atoms with van der Waals surface area (Å²) in [5, 5.41) is 0. The first kappa shape index (κ1) is 39.7. The molecule has 3 aromatic carbocycles. The van der Waals surface area contributed by atoms with Gasteiger partial charge in [-0.3, -0.25) is 0 Å². The molecular formula is C39H54N2O9SSi. The molecule has 3 aromatic rings. The van der Waals surface area contributed by atoms with Crippen molar-refractivity contribution in [3.8, 4) is 11.5 Å². The molecule has 0 aromatic heterocycles. The summed E-state index contributed by atoms with van der Waals surface area (Å²) in [6, 6.07) is 21.2. The summed E-state index contributed by atoms with van der Waals surface area (Å²) in [5.41, 5.74) is 3.71. The lowest BCUT2D eigenvalue weighted by atomic mass is 10.0. The third-order valence-electron chi connectivity index (χ3n) is 8.93. The molecule has 2 aliphatic heterocycles. The first-order valence-corrected chi connectivity index (χ1v) is 23.1. The van der Waals surface area contributed by atoms with Gasteiger partial charge in [-0.2, -0.15) is 4.31 Å². The fourth-order valence-electron chi connectivity index (χ4n) is 5.81. The number of hydrogen-bond donors (Lipinski definition) is 0. The van der Waals surface area contributed by atoms with E-state index in [9.17, 15) is 13.2 Å². The number of carbonyl (C=O) groups is 1. The second kappa shape index (κ2) is 17.1. The molecule has 0 N–H and O–H groups in total. The van der Waals surface area contributed by atoms with Crippen LogP contribution >= 0.6 is 0 Å². The van der Waals surface area contributed by atoms with Crippen molar-refractivity contribution >= 4 is 24.2 Å². The van der Waals surface area contributed by atoms with Crippen molar-refractivity contribution in [2.24, 2.45) is 0 Å². The minimum atomic E-state index is -3.74. The van der Waals surface area contributed by atoms with Crippen molar-refractivity contribution < 1.29 is 41.6 Å². The van der Waals surface area contributed by atoms with Crippen LogP contribution in [0.15, 0.2) is 71.6 Å². The second-order valence-corrected chi connectivity index (χ2v) is 22.8. The van der Waals surface area contributed by atoms with E-state index in [-0.39, 0.29) is 36.5 Å². The van der Waals surface area contributed by atoms with Crippen molar-refractivity contribution in [2.75, 3.05) is 39.6 Å². The lowest BCUT2D eigenvalue weighted by Gasteiger charge is -2.32. The van der Waals surface area contributed by atoms with Gasteiger partial charge in [0, 0.05) is 46.7 Å². The molecule has 0 aliphatic carbocycles. The van der Waals surface area contributed by atoms with Crippen molar-refractivity contribution in [1.82, 2.24) is 9.21 Å². The highest BCUT2D eigenvalue weighted by molar-refractivity contribution is 7.89. The van der Waals surface area contributed by atoms with E-state index in [0.717, 1.165) is 34.0 Å². The molecule has 1 atom stereocenters. The predicted octanol–water partition coefficient (Wildman–Crippen LogP) is 7.37. The topological polar surface area (TPSA) is 113 Å². The zero-order valence-corrected chi connectivity index (χ0v) is 33.4. The number of hydrogen-bond acceptors (Lipinski definition) is 9. The fraction of sp³-hybridized carbons (Fsp3) is 0.513. The summed E-state index contributed by atoms with van der Waals surface area (Å²) in [6.45, 7) is 17.3. The highest BCUT2D eigenvalue weighted by Crippen LogP contribution is 2.35. The van der Waals surface area contributed by atoms with Crippen LogP contribution in [0, 0.1) is 0 Å². The van der Waals surface area contributed by atoms with Gasteiger partial charge in [0.15, 0.2) is 0 Å². The van der Waals surface area contributed by atoms with Gasteiger partial charge in [-0.25, -0.2) is 13.2 Å². The summed E-state index contributed by atoms with van der Waals surface area (Å²) < 4.78 is 63.2. The van der Waals surface area contributed by atoms with E-state index in [2.05, 4.69) is 19.6 Å². The zero-order chi connectivity index (χ0) is 37.5. The van der Waals surface area contributed by atoms with E-state index >= 15 is 0 Å². The Labute approximate surface area is 310 Å². The maximum absolute atomic E-state index is 13.5. The van der Waals surface area contributed by atoms with Crippen molar-refractivity contribution in [3.05, 3.63) is 89.0 Å². The Bertz CT molecular complexity index is 1760. The maximum atomic E-state index is 13.5. The van der Waals surface area contributed by atoms with Crippen LogP contribution in [0.5, 0.6) is 11.5 Å². The van der Waals surface area contributed by atoms with Gasteiger partial charge in [0.2, 0.25) is 15.8 Å². The van der Waals surface area contributed by atoms with Gasteiger partial charge < -0.3 is 33.3 Å². The van der Waals surface area contributed by atoms with Crippen LogP contribution in [-0.2, 0) is 48.6 Å². The number of benzene rings is 3. The SMILES string of the molecule is CC(C)N(COCC[Si](C)(C)C)S(=O)(=O)c1cccc(COCCOc2ccc(CCN3C[C@@H](c4ccc5c(c4)COC(C)(C)O5)OC3=O)cc2)c1. The quantitative estimate of drug-likeness (QED) is 0.0746. The molecule has 0 radical (unpaired) electrons. The normalized spacial score (nSPS) is 17.3. The van der Waals surface area contributed by atoms with E-state index in [4.69, 9.17) is 28.4 Å². The van der Waals surface area contributed by atoms with Crippen molar-refractivity contribution in [2.45, 2.75) is 95.8 Å². The number of cyclic esters (lactones) is 1. The third kappa shape index (κ3) is 11.0. The highest BCUT2D eigenvalue weighted by Gasteiger charge is 2.34. The van der Waals surface area contributed by atoms with Crippen LogP contribution in [0.25, 0.3) is 0 Å². The Morgan fingerprint density at radius 3 is 2.46 bits per heavy atom. The molecule has 1 saturated heterocycles. The third-order valence-corrected chi connectivity index (χ3v) is 12.6. The lowest BCUT2D eigenvalue weighted by Crippen LogP contribution is -2.39. The minimum Gasteiger partial charge on any atom is -0.491 e. The average Bonchev–Trinajstić information content (AvgIpc) is 3.46. The van der Waals surface area contributed by atoms with Crippen LogP contribution in [-0.4, -0.2) is 83.3 Å². The molecule has 0 spiro atoms. The molecule has 1 amide bonds. The van der Waals surface area contributed by atoms with Gasteiger partial charge in [-0.05, 0) is 79.4 Å². The van der Waals surface area contributed by atoms with Gasteiger partial charge in [0.25, 0.3) is 0 Å². The van der Waals surface area contributed by atoms with Crippen LogP contribution in [0.4, 0.5) is 4.79 Å². The molecule has 11 nitrogen and oxygen atoms in total. The van der Waals surface area contributed by atoms with E-state index in [1.807, 2.05) is 76.2 Å². The summed E-state index contributed by atoms with van der Waals surface area (Å²) in [4.78, 5) is 14.6. The summed E-state index contributed by atoms with van der Waals surface area (Å²) >= 11 is 0. The van der Waals surface area contributed by atoms with Crippen LogP contribution < -0.4 is 9.47 Å². The van der Waals surface area contributed by atoms with Gasteiger partial charge >= 0.3 is 6.09 Å². The Balaban J connectivity index is 1.02. The van der Waals surface area contributed by atoms with Gasteiger partial charge in [0.05, 0.1) is 31.3 Å². The molecule has 284 valence electrons. The number of fused-ring (bicyclic) bond motifs is 1. The van der Waals surface area contributed by atoms with Crippen molar-refractivity contribution in [3.63, 3.8) is 0 Å². The predicted molar refractivity (Wildman–Crippen MR) is 202 cm³/mol. The Kier molecular flexibility index (Phi) is 13.1. The molecule has 0 saturated carbocycles. The number of sulfonamides is 1. The van der Waals surface area contributed by atoms with E-state index in [0.29, 0.717) is 51.7 Å². The smallest absolute Gasteiger partial charge is 0.410 e. The average molecular weight is 755 g/mol. The largest absolute Gasteiger partial charge is 0.491 e. The Morgan fingerprint density at radius 2 is 1.73 bits per heavy atom. The number of ether oxygens (including phenoxy) is 6. The molecule has 0 unspecified atom stereocenters. The Morgan fingerprint density at radius 1 is 0.962 bits per heavy atom. The van der Waals surface area contributed by atoms with Gasteiger partial charge in [0.1, 0.15) is 30.9 Å². The number of nitrogens with zero attached hydrogens (tertiary/aromatic N) is 2. The molecule has 0 bridgehead atoms. The van der Waals surface area contributed by atoms with Crippen LogP contribution in [0.3, 0.4) is 0 Å². The second-order valence-electron chi connectivity index (χ2n) is 15.3. The molecule has 1 fully saturated rings. The molecule has 2 aliphatic rings. The fourth-order valence-corrected chi connectivity index (χ4v) is 8.15.